The lowest BCUT2D eigenvalue weighted by molar-refractivity contribution is 0.102. The molecule has 0 aliphatic heterocycles. The second kappa shape index (κ2) is 8.35. The van der Waals surface area contributed by atoms with E-state index in [-0.39, 0.29) is 17.0 Å². The number of hydrogen-bond donors (Lipinski definition) is 2. The molecule has 138 valence electrons. The van der Waals surface area contributed by atoms with Crippen molar-refractivity contribution in [2.45, 2.75) is 11.4 Å². The Balaban J connectivity index is 1.73. The van der Waals surface area contributed by atoms with Crippen LogP contribution in [-0.4, -0.2) is 14.3 Å². The number of amides is 1. The number of sulfonamides is 1. The van der Waals surface area contributed by atoms with E-state index in [0.717, 1.165) is 5.56 Å². The monoisotopic (exact) mass is 400 g/mol. The number of benzene rings is 3. The summed E-state index contributed by atoms with van der Waals surface area (Å²) >= 11 is 5.82. The van der Waals surface area contributed by atoms with Gasteiger partial charge < -0.3 is 5.32 Å². The fraction of sp³-hybridized carbons (Fsp3) is 0.0500. The van der Waals surface area contributed by atoms with Gasteiger partial charge in [-0.3, -0.25) is 4.79 Å². The van der Waals surface area contributed by atoms with Gasteiger partial charge in [-0.2, -0.15) is 0 Å². The van der Waals surface area contributed by atoms with Gasteiger partial charge in [0.1, 0.15) is 0 Å². The molecule has 7 heteroatoms. The third kappa shape index (κ3) is 5.17. The second-order valence-corrected chi connectivity index (χ2v) is 8.00. The maximum Gasteiger partial charge on any atom is 0.255 e. The van der Waals surface area contributed by atoms with Crippen LogP contribution in [0.25, 0.3) is 0 Å². The van der Waals surface area contributed by atoms with Crippen LogP contribution in [0.5, 0.6) is 0 Å². The molecule has 0 atom stereocenters. The molecule has 0 spiro atoms. The highest BCUT2D eigenvalue weighted by molar-refractivity contribution is 7.89. The normalized spacial score (nSPS) is 11.1. The van der Waals surface area contributed by atoms with Crippen LogP contribution in [0.4, 0.5) is 5.69 Å². The maximum absolute atomic E-state index is 12.5. The predicted molar refractivity (Wildman–Crippen MR) is 106 cm³/mol. The fourth-order valence-electron chi connectivity index (χ4n) is 2.40. The molecule has 27 heavy (non-hydrogen) atoms. The number of carbonyl (C=O) groups excluding carboxylic acids is 1. The van der Waals surface area contributed by atoms with Gasteiger partial charge in [-0.15, -0.1) is 0 Å². The quantitative estimate of drug-likeness (QED) is 0.654. The van der Waals surface area contributed by atoms with Gasteiger partial charge in [0, 0.05) is 22.8 Å². The van der Waals surface area contributed by atoms with E-state index >= 15 is 0 Å². The van der Waals surface area contributed by atoms with Crippen molar-refractivity contribution in [1.82, 2.24) is 4.72 Å². The molecule has 5 nitrogen and oxygen atoms in total. The SMILES string of the molecule is O=C(Nc1ccc(Cl)cc1)c1cccc(S(=O)(=O)NCc2ccccc2)c1. The van der Waals surface area contributed by atoms with Gasteiger partial charge in [-0.25, -0.2) is 13.1 Å². The van der Waals surface area contributed by atoms with Crippen molar-refractivity contribution in [3.63, 3.8) is 0 Å². The average Bonchev–Trinajstić information content (AvgIpc) is 2.69. The molecule has 0 aromatic heterocycles. The summed E-state index contributed by atoms with van der Waals surface area (Å²) in [6, 6.07) is 21.7. The van der Waals surface area contributed by atoms with Gasteiger partial charge in [0.05, 0.1) is 4.90 Å². The summed E-state index contributed by atoms with van der Waals surface area (Å²) in [6.07, 6.45) is 0. The number of hydrogen-bond acceptors (Lipinski definition) is 3. The van der Waals surface area contributed by atoms with Crippen molar-refractivity contribution < 1.29 is 13.2 Å². The summed E-state index contributed by atoms with van der Waals surface area (Å²) in [5, 5.41) is 3.27. The van der Waals surface area contributed by atoms with Crippen LogP contribution in [0.2, 0.25) is 5.02 Å². The maximum atomic E-state index is 12.5. The van der Waals surface area contributed by atoms with Gasteiger partial charge in [0.25, 0.3) is 5.91 Å². The molecule has 0 fully saturated rings. The lowest BCUT2D eigenvalue weighted by Crippen LogP contribution is -2.23. The van der Waals surface area contributed by atoms with E-state index in [1.807, 2.05) is 30.3 Å². The number of halogens is 1. The minimum Gasteiger partial charge on any atom is -0.322 e. The van der Waals surface area contributed by atoms with Crippen LogP contribution < -0.4 is 10.0 Å². The highest BCUT2D eigenvalue weighted by atomic mass is 35.5. The molecule has 3 aromatic carbocycles. The highest BCUT2D eigenvalue weighted by Crippen LogP contribution is 2.16. The third-order valence-corrected chi connectivity index (χ3v) is 5.47. The Hall–Kier alpha value is -2.67. The minimum absolute atomic E-state index is 0.0298. The van der Waals surface area contributed by atoms with E-state index < -0.39 is 15.9 Å². The largest absolute Gasteiger partial charge is 0.322 e. The van der Waals surface area contributed by atoms with Gasteiger partial charge >= 0.3 is 0 Å². The Morgan fingerprint density at radius 2 is 1.59 bits per heavy atom. The zero-order chi connectivity index (χ0) is 19.3. The molecule has 1 amide bonds. The summed E-state index contributed by atoms with van der Waals surface area (Å²) in [5.74, 6) is -0.405. The number of rotatable bonds is 6. The Kier molecular flexibility index (Phi) is 5.91. The first-order valence-electron chi connectivity index (χ1n) is 8.15. The van der Waals surface area contributed by atoms with Crippen LogP contribution in [0, 0.1) is 0 Å². The smallest absolute Gasteiger partial charge is 0.255 e. The van der Waals surface area contributed by atoms with Crippen LogP contribution in [0.1, 0.15) is 15.9 Å². The lowest BCUT2D eigenvalue weighted by atomic mass is 10.2. The molecule has 0 aliphatic carbocycles. The zero-order valence-corrected chi connectivity index (χ0v) is 15.8. The van der Waals surface area contributed by atoms with Gasteiger partial charge in [-0.05, 0) is 48.0 Å². The molecular weight excluding hydrogens is 384 g/mol. The van der Waals surface area contributed by atoms with E-state index in [4.69, 9.17) is 11.6 Å². The zero-order valence-electron chi connectivity index (χ0n) is 14.2. The van der Waals surface area contributed by atoms with Gasteiger partial charge in [0.15, 0.2) is 0 Å². The first-order chi connectivity index (χ1) is 12.9. The summed E-state index contributed by atoms with van der Waals surface area (Å²) in [5.41, 5.74) is 1.66. The molecular formula is C20H17ClN2O3S. The molecule has 0 heterocycles. The Morgan fingerprint density at radius 3 is 2.30 bits per heavy atom. The highest BCUT2D eigenvalue weighted by Gasteiger charge is 2.16. The van der Waals surface area contributed by atoms with Crippen molar-refractivity contribution in [3.05, 3.63) is 95.0 Å². The molecule has 3 aromatic rings. The van der Waals surface area contributed by atoms with E-state index in [9.17, 15) is 13.2 Å². The summed E-state index contributed by atoms with van der Waals surface area (Å²) in [7, 11) is -3.74. The van der Waals surface area contributed by atoms with Crippen molar-refractivity contribution in [2.75, 3.05) is 5.32 Å². The molecule has 3 rings (SSSR count). The summed E-state index contributed by atoms with van der Waals surface area (Å²) in [6.45, 7) is 0.171. The number of carbonyl (C=O) groups is 1. The second-order valence-electron chi connectivity index (χ2n) is 5.80. The van der Waals surface area contributed by atoms with Crippen molar-refractivity contribution in [2.24, 2.45) is 0 Å². The summed E-state index contributed by atoms with van der Waals surface area (Å²) < 4.78 is 27.6. The van der Waals surface area contributed by atoms with Gasteiger partial charge in [0.2, 0.25) is 10.0 Å². The van der Waals surface area contributed by atoms with Crippen LogP contribution in [0.3, 0.4) is 0 Å². The molecule has 0 saturated carbocycles. The first-order valence-corrected chi connectivity index (χ1v) is 10.0. The van der Waals surface area contributed by atoms with E-state index in [0.29, 0.717) is 10.7 Å². The molecule has 0 saturated heterocycles. The minimum atomic E-state index is -3.74. The molecule has 0 aliphatic rings. The number of nitrogens with one attached hydrogen (secondary N) is 2. The first kappa shape index (κ1) is 19.1. The number of anilines is 1. The third-order valence-electron chi connectivity index (χ3n) is 3.82. The molecule has 0 radical (unpaired) electrons. The topological polar surface area (TPSA) is 75.3 Å². The molecule has 2 N–H and O–H groups in total. The van der Waals surface area contributed by atoms with E-state index in [1.165, 1.54) is 18.2 Å². The standard InChI is InChI=1S/C20H17ClN2O3S/c21-17-9-11-18(12-10-17)23-20(24)16-7-4-8-19(13-16)27(25,26)22-14-15-5-2-1-3-6-15/h1-13,22H,14H2,(H,23,24). The lowest BCUT2D eigenvalue weighted by Gasteiger charge is -2.09. The Labute approximate surface area is 163 Å². The van der Waals surface area contributed by atoms with Crippen LogP contribution >= 0.6 is 11.6 Å². The van der Waals surface area contributed by atoms with Crippen LogP contribution in [0.15, 0.2) is 83.8 Å². The van der Waals surface area contributed by atoms with Crippen molar-refractivity contribution in [1.29, 1.82) is 0 Å². The van der Waals surface area contributed by atoms with Gasteiger partial charge in [-0.1, -0.05) is 48.0 Å². The Morgan fingerprint density at radius 1 is 0.889 bits per heavy atom. The van der Waals surface area contributed by atoms with E-state index in [2.05, 4.69) is 10.0 Å². The van der Waals surface area contributed by atoms with Crippen molar-refractivity contribution in [3.8, 4) is 0 Å². The molecule has 0 unspecified atom stereocenters. The van der Waals surface area contributed by atoms with Crippen LogP contribution in [-0.2, 0) is 16.6 Å². The molecule has 0 bridgehead atoms. The average molecular weight is 401 g/mol. The fourth-order valence-corrected chi connectivity index (χ4v) is 3.59. The van der Waals surface area contributed by atoms with E-state index in [1.54, 1.807) is 30.3 Å². The summed E-state index contributed by atoms with van der Waals surface area (Å²) in [4.78, 5) is 12.4. The Bertz CT molecular complexity index is 1040. The predicted octanol–water partition coefficient (Wildman–Crippen LogP) is 4.07. The van der Waals surface area contributed by atoms with Crippen molar-refractivity contribution >= 4 is 33.2 Å².